The van der Waals surface area contributed by atoms with E-state index in [4.69, 9.17) is 4.74 Å². The van der Waals surface area contributed by atoms with E-state index in [9.17, 15) is 4.39 Å². The molecule has 0 radical (unpaired) electrons. The highest BCUT2D eigenvalue weighted by Crippen LogP contribution is 2.20. The first-order valence-corrected chi connectivity index (χ1v) is 7.23. The summed E-state index contributed by atoms with van der Waals surface area (Å²) >= 11 is 0. The maximum atomic E-state index is 13.4. The predicted molar refractivity (Wildman–Crippen MR) is 84.7 cm³/mol. The molecule has 0 aliphatic rings. The zero-order valence-corrected chi connectivity index (χ0v) is 12.9. The fourth-order valence-corrected chi connectivity index (χ4v) is 2.41. The van der Waals surface area contributed by atoms with Crippen LogP contribution >= 0.6 is 0 Å². The molecule has 1 heterocycles. The summed E-state index contributed by atoms with van der Waals surface area (Å²) in [6, 6.07) is 5.13. The molecule has 2 aromatic rings. The first-order chi connectivity index (χ1) is 10.0. The van der Waals surface area contributed by atoms with E-state index in [1.165, 1.54) is 6.07 Å². The van der Waals surface area contributed by atoms with Gasteiger partial charge in [-0.05, 0) is 37.1 Å². The maximum Gasteiger partial charge on any atom is 0.123 e. The Morgan fingerprint density at radius 3 is 2.90 bits per heavy atom. The normalized spacial score (nSPS) is 14.1. The molecule has 0 bridgehead atoms. The van der Waals surface area contributed by atoms with Gasteiger partial charge in [-0.15, -0.1) is 0 Å². The van der Waals surface area contributed by atoms with Crippen LogP contribution in [-0.4, -0.2) is 24.7 Å². The molecule has 0 saturated carbocycles. The number of halogens is 1. The second-order valence-electron chi connectivity index (χ2n) is 5.59. The van der Waals surface area contributed by atoms with Crippen LogP contribution in [0, 0.1) is 11.7 Å². The molecular formula is C17H23FN2O. The fourth-order valence-electron chi connectivity index (χ4n) is 2.41. The standard InChI is InChI=1S/C17H23FN2O/c1-11(13(3)21-4)9-19-12(2)7-14-10-20-17-6-5-15(18)8-16(14)17/h5-6,8,10-12,19-20H,3,7,9H2,1-2,4H3/t11?,12-/m1/s1. The summed E-state index contributed by atoms with van der Waals surface area (Å²) in [7, 11) is 1.64. The van der Waals surface area contributed by atoms with E-state index in [0.717, 1.165) is 35.2 Å². The van der Waals surface area contributed by atoms with Crippen LogP contribution in [0.25, 0.3) is 10.9 Å². The van der Waals surface area contributed by atoms with Crippen molar-refractivity contribution in [3.8, 4) is 0 Å². The monoisotopic (exact) mass is 290 g/mol. The summed E-state index contributed by atoms with van der Waals surface area (Å²) < 4.78 is 18.5. The van der Waals surface area contributed by atoms with Crippen LogP contribution in [-0.2, 0) is 11.2 Å². The Labute approximate surface area is 125 Å². The summed E-state index contributed by atoms with van der Waals surface area (Å²) in [4.78, 5) is 3.18. The number of aromatic amines is 1. The van der Waals surface area contributed by atoms with Gasteiger partial charge < -0.3 is 15.0 Å². The molecule has 114 valence electrons. The van der Waals surface area contributed by atoms with Crippen LogP contribution in [0.1, 0.15) is 19.4 Å². The van der Waals surface area contributed by atoms with Gasteiger partial charge in [0.15, 0.2) is 0 Å². The molecule has 2 N–H and O–H groups in total. The number of H-pyrrole nitrogens is 1. The summed E-state index contributed by atoms with van der Waals surface area (Å²) in [6.45, 7) is 8.88. The molecule has 1 aromatic carbocycles. The van der Waals surface area contributed by atoms with Gasteiger partial charge in [-0.25, -0.2) is 4.39 Å². The van der Waals surface area contributed by atoms with E-state index < -0.39 is 0 Å². The molecule has 0 aliphatic carbocycles. The van der Waals surface area contributed by atoms with Gasteiger partial charge in [0.2, 0.25) is 0 Å². The van der Waals surface area contributed by atoms with Crippen molar-refractivity contribution in [3.63, 3.8) is 0 Å². The van der Waals surface area contributed by atoms with Crippen molar-refractivity contribution in [3.05, 3.63) is 48.1 Å². The van der Waals surface area contributed by atoms with Gasteiger partial charge in [0.05, 0.1) is 12.9 Å². The van der Waals surface area contributed by atoms with E-state index >= 15 is 0 Å². The van der Waals surface area contributed by atoms with E-state index in [0.29, 0.717) is 6.04 Å². The van der Waals surface area contributed by atoms with E-state index in [1.807, 2.05) is 6.20 Å². The minimum atomic E-state index is -0.200. The molecule has 21 heavy (non-hydrogen) atoms. The van der Waals surface area contributed by atoms with Crippen molar-refractivity contribution >= 4 is 10.9 Å². The van der Waals surface area contributed by atoms with Gasteiger partial charge in [-0.1, -0.05) is 13.5 Å². The summed E-state index contributed by atoms with van der Waals surface area (Å²) in [5.41, 5.74) is 2.10. The number of methoxy groups -OCH3 is 1. The molecule has 0 saturated heterocycles. The first-order valence-electron chi connectivity index (χ1n) is 7.23. The van der Waals surface area contributed by atoms with E-state index in [1.54, 1.807) is 19.2 Å². The zero-order valence-electron chi connectivity index (χ0n) is 12.9. The lowest BCUT2D eigenvalue weighted by molar-refractivity contribution is 0.244. The van der Waals surface area contributed by atoms with Crippen molar-refractivity contribution in [1.82, 2.24) is 10.3 Å². The van der Waals surface area contributed by atoms with Crippen molar-refractivity contribution in [2.75, 3.05) is 13.7 Å². The van der Waals surface area contributed by atoms with E-state index in [-0.39, 0.29) is 11.7 Å². The zero-order chi connectivity index (χ0) is 15.4. The van der Waals surface area contributed by atoms with Gasteiger partial charge in [0.1, 0.15) is 5.82 Å². The lowest BCUT2D eigenvalue weighted by Gasteiger charge is -2.18. The lowest BCUT2D eigenvalue weighted by Crippen LogP contribution is -2.32. The fraction of sp³-hybridized carbons (Fsp3) is 0.412. The molecular weight excluding hydrogens is 267 g/mol. The minimum absolute atomic E-state index is 0.200. The van der Waals surface area contributed by atoms with Crippen molar-refractivity contribution < 1.29 is 9.13 Å². The highest BCUT2D eigenvalue weighted by molar-refractivity contribution is 5.83. The van der Waals surface area contributed by atoms with Gasteiger partial charge in [-0.2, -0.15) is 0 Å². The molecule has 2 atom stereocenters. The highest BCUT2D eigenvalue weighted by atomic mass is 19.1. The topological polar surface area (TPSA) is 37.0 Å². The smallest absolute Gasteiger partial charge is 0.123 e. The minimum Gasteiger partial charge on any atom is -0.501 e. The highest BCUT2D eigenvalue weighted by Gasteiger charge is 2.12. The molecule has 2 rings (SSSR count). The number of benzene rings is 1. The predicted octanol–water partition coefficient (Wildman–Crippen LogP) is 3.62. The molecule has 3 nitrogen and oxygen atoms in total. The molecule has 1 aromatic heterocycles. The largest absolute Gasteiger partial charge is 0.501 e. The third-order valence-electron chi connectivity index (χ3n) is 3.84. The Balaban J connectivity index is 1.97. The molecule has 0 fully saturated rings. The number of hydrogen-bond donors (Lipinski definition) is 2. The van der Waals surface area contributed by atoms with Gasteiger partial charge in [-0.3, -0.25) is 0 Å². The van der Waals surface area contributed by atoms with Gasteiger partial charge >= 0.3 is 0 Å². The van der Waals surface area contributed by atoms with Crippen LogP contribution < -0.4 is 5.32 Å². The third-order valence-corrected chi connectivity index (χ3v) is 3.84. The average Bonchev–Trinajstić information content (AvgIpc) is 2.86. The number of fused-ring (bicyclic) bond motifs is 1. The Hall–Kier alpha value is -1.81. The van der Waals surface area contributed by atoms with Gasteiger partial charge in [0.25, 0.3) is 0 Å². The molecule has 1 unspecified atom stereocenters. The quantitative estimate of drug-likeness (QED) is 0.764. The molecule has 0 amide bonds. The number of rotatable bonds is 7. The summed E-state index contributed by atoms with van der Waals surface area (Å²) in [6.07, 6.45) is 2.80. The molecule has 4 heteroatoms. The lowest BCUT2D eigenvalue weighted by atomic mass is 10.0. The number of ether oxygens (including phenoxy) is 1. The van der Waals surface area contributed by atoms with Crippen LogP contribution in [0.15, 0.2) is 36.7 Å². The Morgan fingerprint density at radius 2 is 2.19 bits per heavy atom. The first kappa shape index (κ1) is 15.6. The second kappa shape index (κ2) is 6.76. The number of nitrogens with one attached hydrogen (secondary N) is 2. The van der Waals surface area contributed by atoms with Crippen molar-refractivity contribution in [2.24, 2.45) is 5.92 Å². The Morgan fingerprint density at radius 1 is 1.43 bits per heavy atom. The van der Waals surface area contributed by atoms with E-state index in [2.05, 4.69) is 30.7 Å². The van der Waals surface area contributed by atoms with Crippen LogP contribution in [0.4, 0.5) is 4.39 Å². The van der Waals surface area contributed by atoms with Crippen molar-refractivity contribution in [1.29, 1.82) is 0 Å². The van der Waals surface area contributed by atoms with Crippen molar-refractivity contribution in [2.45, 2.75) is 26.3 Å². The molecule has 0 spiro atoms. The van der Waals surface area contributed by atoms with Gasteiger partial charge in [0, 0.05) is 35.6 Å². The Kier molecular flexibility index (Phi) is 5.02. The summed E-state index contributed by atoms with van der Waals surface area (Å²) in [5.74, 6) is 0.843. The van der Waals surface area contributed by atoms with Crippen LogP contribution in [0.5, 0.6) is 0 Å². The third kappa shape index (κ3) is 3.85. The van der Waals surface area contributed by atoms with Crippen LogP contribution in [0.3, 0.4) is 0 Å². The average molecular weight is 290 g/mol. The SMILES string of the molecule is C=C(OC)C(C)CN[C@H](C)Cc1c[nH]c2ccc(F)cc12. The van der Waals surface area contributed by atoms with Crippen LogP contribution in [0.2, 0.25) is 0 Å². The maximum absolute atomic E-state index is 13.4. The molecule has 0 aliphatic heterocycles. The summed E-state index contributed by atoms with van der Waals surface area (Å²) in [5, 5.41) is 4.42. The Bertz CT molecular complexity index is 620. The number of aromatic nitrogens is 1. The second-order valence-corrected chi connectivity index (χ2v) is 5.59. The number of hydrogen-bond acceptors (Lipinski definition) is 2.